The Morgan fingerprint density at radius 3 is 2.71 bits per heavy atom. The van der Waals surface area contributed by atoms with Crippen molar-refractivity contribution in [2.75, 3.05) is 7.11 Å². The third-order valence-corrected chi connectivity index (χ3v) is 2.21. The fraction of sp³-hybridized carbons (Fsp3) is 0.231. The lowest BCUT2D eigenvalue weighted by Gasteiger charge is -2.00. The molecule has 0 bridgehead atoms. The lowest BCUT2D eigenvalue weighted by atomic mass is 10.1. The van der Waals surface area contributed by atoms with Gasteiger partial charge < -0.3 is 4.74 Å². The molecule has 0 aliphatic heterocycles. The standard InChI is InChI=1S/C13H13FO3/c1-9(15)10-6-7-12(14)11(8-10)4-3-5-13(16)17-2/h3-4,6-8H,5H2,1-2H3. The molecular formula is C13H13FO3. The molecule has 0 saturated carbocycles. The molecule has 0 aliphatic carbocycles. The van der Waals surface area contributed by atoms with Gasteiger partial charge in [0, 0.05) is 11.1 Å². The summed E-state index contributed by atoms with van der Waals surface area (Å²) in [7, 11) is 1.28. The molecule has 1 aromatic carbocycles. The molecule has 0 radical (unpaired) electrons. The summed E-state index contributed by atoms with van der Waals surface area (Å²) in [6, 6.07) is 4.11. The van der Waals surface area contributed by atoms with Gasteiger partial charge in [0.25, 0.3) is 0 Å². The molecule has 17 heavy (non-hydrogen) atoms. The Morgan fingerprint density at radius 1 is 1.41 bits per heavy atom. The van der Waals surface area contributed by atoms with Crippen molar-refractivity contribution in [2.45, 2.75) is 13.3 Å². The van der Waals surface area contributed by atoms with E-state index in [-0.39, 0.29) is 17.8 Å². The van der Waals surface area contributed by atoms with Crippen molar-refractivity contribution in [3.63, 3.8) is 0 Å². The van der Waals surface area contributed by atoms with Crippen LogP contribution in [0.25, 0.3) is 6.08 Å². The number of methoxy groups -OCH3 is 1. The van der Waals surface area contributed by atoms with Crippen molar-refractivity contribution in [1.82, 2.24) is 0 Å². The van der Waals surface area contributed by atoms with Crippen molar-refractivity contribution in [3.05, 3.63) is 41.2 Å². The summed E-state index contributed by atoms with van der Waals surface area (Å²) in [5, 5.41) is 0. The normalized spacial score (nSPS) is 10.5. The van der Waals surface area contributed by atoms with Gasteiger partial charge in [-0.15, -0.1) is 0 Å². The van der Waals surface area contributed by atoms with Crippen LogP contribution in [0, 0.1) is 5.82 Å². The minimum absolute atomic E-state index is 0.0697. The second-order valence-electron chi connectivity index (χ2n) is 3.48. The molecule has 0 atom stereocenters. The SMILES string of the molecule is COC(=O)CC=Cc1cc(C(C)=O)ccc1F. The topological polar surface area (TPSA) is 43.4 Å². The zero-order valence-corrected chi connectivity index (χ0v) is 9.70. The number of carbonyl (C=O) groups is 2. The third-order valence-electron chi connectivity index (χ3n) is 2.21. The molecule has 0 aliphatic rings. The van der Waals surface area contributed by atoms with Gasteiger partial charge in [-0.2, -0.15) is 0 Å². The first-order valence-electron chi connectivity index (χ1n) is 5.08. The second kappa shape index (κ2) is 5.94. The van der Waals surface area contributed by atoms with Gasteiger partial charge in [-0.3, -0.25) is 9.59 Å². The van der Waals surface area contributed by atoms with Gasteiger partial charge in [-0.05, 0) is 25.1 Å². The maximum atomic E-state index is 13.4. The number of ether oxygens (including phenoxy) is 1. The molecule has 0 spiro atoms. The van der Waals surface area contributed by atoms with Gasteiger partial charge in [0.15, 0.2) is 5.78 Å². The van der Waals surface area contributed by atoms with Gasteiger partial charge in [0.05, 0.1) is 13.5 Å². The fourth-order valence-electron chi connectivity index (χ4n) is 1.26. The highest BCUT2D eigenvalue weighted by molar-refractivity contribution is 5.94. The predicted molar refractivity (Wildman–Crippen MR) is 62.1 cm³/mol. The Hall–Kier alpha value is -1.97. The van der Waals surface area contributed by atoms with Crippen LogP contribution in [-0.2, 0) is 9.53 Å². The second-order valence-corrected chi connectivity index (χ2v) is 3.48. The molecule has 0 heterocycles. The van der Waals surface area contributed by atoms with E-state index in [4.69, 9.17) is 0 Å². The van der Waals surface area contributed by atoms with E-state index in [0.717, 1.165) is 0 Å². The number of rotatable bonds is 4. The Kier molecular flexibility index (Phi) is 4.57. The van der Waals surface area contributed by atoms with E-state index in [1.807, 2.05) is 0 Å². The van der Waals surface area contributed by atoms with Gasteiger partial charge in [0.2, 0.25) is 0 Å². The monoisotopic (exact) mass is 236 g/mol. The summed E-state index contributed by atoms with van der Waals surface area (Å²) in [4.78, 5) is 22.0. The van der Waals surface area contributed by atoms with Crippen molar-refractivity contribution < 1.29 is 18.7 Å². The number of ketones is 1. The number of hydrogen-bond acceptors (Lipinski definition) is 3. The zero-order valence-electron chi connectivity index (χ0n) is 9.70. The average Bonchev–Trinajstić information content (AvgIpc) is 2.30. The molecule has 3 nitrogen and oxygen atoms in total. The fourth-order valence-corrected chi connectivity index (χ4v) is 1.26. The zero-order chi connectivity index (χ0) is 12.8. The van der Waals surface area contributed by atoms with Crippen LogP contribution in [-0.4, -0.2) is 18.9 Å². The maximum absolute atomic E-state index is 13.4. The molecule has 0 N–H and O–H groups in total. The van der Waals surface area contributed by atoms with E-state index in [0.29, 0.717) is 5.56 Å². The van der Waals surface area contributed by atoms with Gasteiger partial charge >= 0.3 is 5.97 Å². The lowest BCUT2D eigenvalue weighted by molar-refractivity contribution is -0.139. The largest absolute Gasteiger partial charge is 0.469 e. The summed E-state index contributed by atoms with van der Waals surface area (Å²) in [6.45, 7) is 1.41. The predicted octanol–water partition coefficient (Wildman–Crippen LogP) is 2.60. The molecule has 0 saturated heterocycles. The van der Waals surface area contributed by atoms with E-state index < -0.39 is 11.8 Å². The first kappa shape index (κ1) is 13.1. The molecule has 0 fully saturated rings. The first-order valence-corrected chi connectivity index (χ1v) is 5.08. The Labute approximate surface area is 98.9 Å². The van der Waals surface area contributed by atoms with Crippen LogP contribution in [0.4, 0.5) is 4.39 Å². The lowest BCUT2D eigenvalue weighted by Crippen LogP contribution is -1.97. The highest BCUT2D eigenvalue weighted by Gasteiger charge is 2.04. The van der Waals surface area contributed by atoms with Crippen molar-refractivity contribution >= 4 is 17.8 Å². The van der Waals surface area contributed by atoms with Crippen LogP contribution in [0.2, 0.25) is 0 Å². The minimum atomic E-state index is -0.434. The van der Waals surface area contributed by atoms with E-state index in [9.17, 15) is 14.0 Å². The minimum Gasteiger partial charge on any atom is -0.469 e. The maximum Gasteiger partial charge on any atom is 0.309 e. The summed E-state index contributed by atoms with van der Waals surface area (Å²) in [5.41, 5.74) is 0.714. The van der Waals surface area contributed by atoms with Crippen LogP contribution in [0.5, 0.6) is 0 Å². The molecule has 4 heteroatoms. The van der Waals surface area contributed by atoms with Crippen LogP contribution >= 0.6 is 0 Å². The van der Waals surface area contributed by atoms with Gasteiger partial charge in [0.1, 0.15) is 5.82 Å². The number of halogens is 1. The first-order chi connectivity index (χ1) is 8.04. The van der Waals surface area contributed by atoms with Crippen LogP contribution in [0.1, 0.15) is 29.3 Å². The van der Waals surface area contributed by atoms with E-state index in [2.05, 4.69) is 4.74 Å². The van der Waals surface area contributed by atoms with Crippen LogP contribution in [0.3, 0.4) is 0 Å². The highest BCUT2D eigenvalue weighted by atomic mass is 19.1. The van der Waals surface area contributed by atoms with Crippen LogP contribution in [0.15, 0.2) is 24.3 Å². The van der Waals surface area contributed by atoms with Crippen molar-refractivity contribution in [1.29, 1.82) is 0 Å². The van der Waals surface area contributed by atoms with Crippen molar-refractivity contribution in [3.8, 4) is 0 Å². The molecule has 1 rings (SSSR count). The summed E-state index contributed by atoms with van der Waals surface area (Å²) in [5.74, 6) is -0.965. The van der Waals surface area contributed by atoms with E-state index in [1.54, 1.807) is 0 Å². The molecule has 0 aromatic heterocycles. The smallest absolute Gasteiger partial charge is 0.309 e. The number of hydrogen-bond donors (Lipinski definition) is 0. The Bertz CT molecular complexity index is 464. The highest BCUT2D eigenvalue weighted by Crippen LogP contribution is 2.13. The summed E-state index contributed by atoms with van der Waals surface area (Å²) < 4.78 is 17.8. The quantitative estimate of drug-likeness (QED) is 0.596. The Morgan fingerprint density at radius 2 is 2.12 bits per heavy atom. The van der Waals surface area contributed by atoms with Crippen molar-refractivity contribution in [2.24, 2.45) is 0 Å². The number of benzene rings is 1. The molecular weight excluding hydrogens is 223 g/mol. The summed E-state index contributed by atoms with van der Waals surface area (Å²) >= 11 is 0. The van der Waals surface area contributed by atoms with E-state index in [1.165, 1.54) is 44.4 Å². The number of Topliss-reactive ketones (excluding diaryl/α,β-unsaturated/α-hetero) is 1. The molecule has 1 aromatic rings. The van der Waals surface area contributed by atoms with Crippen LogP contribution < -0.4 is 0 Å². The van der Waals surface area contributed by atoms with Gasteiger partial charge in [-0.1, -0.05) is 12.2 Å². The number of carbonyl (C=O) groups excluding carboxylic acids is 2. The molecule has 0 unspecified atom stereocenters. The average molecular weight is 236 g/mol. The Balaban J connectivity index is 2.86. The van der Waals surface area contributed by atoms with E-state index >= 15 is 0 Å². The summed E-state index contributed by atoms with van der Waals surface area (Å²) in [6.07, 6.45) is 3.02. The van der Waals surface area contributed by atoms with Gasteiger partial charge in [-0.25, -0.2) is 4.39 Å². The number of esters is 1. The third kappa shape index (κ3) is 3.83. The molecule has 90 valence electrons. The molecule has 0 amide bonds.